The van der Waals surface area contributed by atoms with E-state index in [0.717, 1.165) is 54.6 Å². The number of nitrogens with one attached hydrogen (secondary N) is 1. The van der Waals surface area contributed by atoms with Crippen molar-refractivity contribution in [1.29, 1.82) is 0 Å². The van der Waals surface area contributed by atoms with E-state index in [1.54, 1.807) is 11.6 Å². The summed E-state index contributed by atoms with van der Waals surface area (Å²) in [7, 11) is 0. The fraction of sp³-hybridized carbons (Fsp3) is 0.290. The lowest BCUT2D eigenvalue weighted by Crippen LogP contribution is -2.34. The molecule has 2 aliphatic heterocycles. The van der Waals surface area contributed by atoms with Crippen molar-refractivity contribution < 1.29 is 10.0 Å². The molecule has 0 spiro atoms. The minimum absolute atomic E-state index is 0.135. The summed E-state index contributed by atoms with van der Waals surface area (Å²) in [6.07, 6.45) is 14.4. The second-order valence-electron chi connectivity index (χ2n) is 9.83. The molecule has 1 fully saturated rings. The Hall–Kier alpha value is -3.74. The molecule has 0 radical (unpaired) electrons. The highest BCUT2D eigenvalue weighted by Gasteiger charge is 2.24. The monoisotopic (exact) mass is 494 g/mol. The van der Waals surface area contributed by atoms with E-state index in [1.807, 2.05) is 12.1 Å². The lowest BCUT2D eigenvalue weighted by molar-refractivity contribution is -0.128. The first-order valence-corrected chi connectivity index (χ1v) is 13.1. The molecule has 6 heteroatoms. The number of rotatable bonds is 8. The second kappa shape index (κ2) is 12.0. The molecule has 0 bridgehead atoms. The highest BCUT2D eigenvalue weighted by atomic mass is 16.5. The number of benzene rings is 2. The summed E-state index contributed by atoms with van der Waals surface area (Å²) in [5.41, 5.74) is 7.53. The zero-order valence-electron chi connectivity index (χ0n) is 21.1. The maximum atomic E-state index is 11.3. The number of piperidine rings is 1. The smallest absolute Gasteiger partial charge is 0.247 e. The molecule has 2 aromatic carbocycles. The van der Waals surface area contributed by atoms with Crippen molar-refractivity contribution in [3.63, 3.8) is 0 Å². The van der Waals surface area contributed by atoms with Crippen molar-refractivity contribution in [2.75, 3.05) is 13.1 Å². The number of fused-ring (bicyclic) bond motifs is 1. The number of aromatic nitrogens is 2. The normalized spacial score (nSPS) is 16.4. The Balaban J connectivity index is 1.32. The third-order valence-electron chi connectivity index (χ3n) is 7.25. The molecule has 0 atom stereocenters. The van der Waals surface area contributed by atoms with E-state index in [-0.39, 0.29) is 6.42 Å². The Morgan fingerprint density at radius 1 is 1.05 bits per heavy atom. The average Bonchev–Trinajstić information content (AvgIpc) is 3.15. The molecule has 6 nitrogen and oxygen atoms in total. The number of allylic oxidation sites excluding steroid dienone is 4. The number of likely N-dealkylation sites (tertiary alicyclic amines) is 1. The molecule has 0 aliphatic carbocycles. The third-order valence-corrected chi connectivity index (χ3v) is 7.25. The van der Waals surface area contributed by atoms with E-state index in [9.17, 15) is 4.79 Å². The minimum Gasteiger partial charge on any atom is -0.305 e. The van der Waals surface area contributed by atoms with Crippen LogP contribution in [0.3, 0.4) is 0 Å². The molecule has 2 aliphatic rings. The number of carbonyl (C=O) groups is 1. The van der Waals surface area contributed by atoms with Crippen molar-refractivity contribution in [1.82, 2.24) is 19.9 Å². The predicted octanol–water partition coefficient (Wildman–Crippen LogP) is 5.41. The summed E-state index contributed by atoms with van der Waals surface area (Å²) in [5, 5.41) is 8.70. The van der Waals surface area contributed by atoms with Crippen molar-refractivity contribution in [3.05, 3.63) is 108 Å². The van der Waals surface area contributed by atoms with Gasteiger partial charge in [0.15, 0.2) is 0 Å². The van der Waals surface area contributed by atoms with Gasteiger partial charge in [-0.3, -0.25) is 14.9 Å². The molecular weight excluding hydrogens is 460 g/mol. The average molecular weight is 495 g/mol. The molecule has 2 N–H and O–H groups in total. The predicted molar refractivity (Wildman–Crippen MR) is 147 cm³/mol. The minimum atomic E-state index is -0.426. The lowest BCUT2D eigenvalue weighted by Gasteiger charge is -2.32. The summed E-state index contributed by atoms with van der Waals surface area (Å²) in [4.78, 5) is 19.0. The van der Waals surface area contributed by atoms with Gasteiger partial charge in [-0.2, -0.15) is 0 Å². The molecule has 37 heavy (non-hydrogen) atoms. The summed E-state index contributed by atoms with van der Waals surface area (Å²) >= 11 is 0. The Morgan fingerprint density at radius 3 is 2.51 bits per heavy atom. The molecular formula is C31H34N4O2. The second-order valence-corrected chi connectivity index (χ2v) is 9.83. The molecule has 190 valence electrons. The first-order valence-electron chi connectivity index (χ1n) is 13.1. The van der Waals surface area contributed by atoms with E-state index in [4.69, 9.17) is 10.2 Å². The van der Waals surface area contributed by atoms with Gasteiger partial charge in [-0.25, -0.2) is 10.5 Å². The van der Waals surface area contributed by atoms with Crippen LogP contribution in [0.4, 0.5) is 0 Å². The fourth-order valence-corrected chi connectivity index (χ4v) is 5.23. The van der Waals surface area contributed by atoms with E-state index in [0.29, 0.717) is 6.42 Å². The Kier molecular flexibility index (Phi) is 8.08. The van der Waals surface area contributed by atoms with Crippen LogP contribution in [0, 0.1) is 5.92 Å². The number of hydrogen-bond acceptors (Lipinski definition) is 4. The quantitative estimate of drug-likeness (QED) is 0.325. The third kappa shape index (κ3) is 6.34. The number of carbonyl (C=O) groups excluding carboxylic acids is 1. The van der Waals surface area contributed by atoms with Crippen LogP contribution in [0.15, 0.2) is 90.5 Å². The zero-order valence-corrected chi connectivity index (χ0v) is 21.1. The molecule has 0 saturated carbocycles. The summed E-state index contributed by atoms with van der Waals surface area (Å²) in [5.74, 6) is 1.33. The standard InChI is InChI=1S/C31H34N4O2/c36-30(33-37)13-7-10-24-14-15-29-32-31(27-11-5-2-6-12-27)28(35(29)21-18-24)23-34-19-16-26(17-20-34)22-25-8-3-1-4-9-25/h1-12,14,18,21,26,37H,13,15-17,19-20,22-23H2,(H,33,36)/b10-7+. The number of imidazole rings is 1. The van der Waals surface area contributed by atoms with Crippen molar-refractivity contribution in [3.8, 4) is 11.3 Å². The van der Waals surface area contributed by atoms with Gasteiger partial charge >= 0.3 is 0 Å². The Labute approximate surface area is 218 Å². The van der Waals surface area contributed by atoms with Gasteiger partial charge in [0.1, 0.15) is 5.82 Å². The Morgan fingerprint density at radius 2 is 1.78 bits per heavy atom. The van der Waals surface area contributed by atoms with Crippen LogP contribution >= 0.6 is 0 Å². The van der Waals surface area contributed by atoms with Gasteiger partial charge in [0.25, 0.3) is 0 Å². The van der Waals surface area contributed by atoms with Crippen LogP contribution < -0.4 is 5.48 Å². The van der Waals surface area contributed by atoms with E-state index < -0.39 is 5.91 Å². The van der Waals surface area contributed by atoms with Gasteiger partial charge < -0.3 is 4.57 Å². The molecule has 1 saturated heterocycles. The van der Waals surface area contributed by atoms with Gasteiger partial charge in [0, 0.05) is 31.1 Å². The highest BCUT2D eigenvalue weighted by molar-refractivity contribution is 5.76. The van der Waals surface area contributed by atoms with Crippen molar-refractivity contribution >= 4 is 12.1 Å². The number of amides is 1. The van der Waals surface area contributed by atoms with Crippen LogP contribution in [0.2, 0.25) is 0 Å². The molecule has 1 aromatic heterocycles. The van der Waals surface area contributed by atoms with Gasteiger partial charge in [0.05, 0.1) is 11.4 Å². The largest absolute Gasteiger partial charge is 0.305 e. The molecule has 3 heterocycles. The van der Waals surface area contributed by atoms with Crippen LogP contribution in [0.1, 0.15) is 36.3 Å². The van der Waals surface area contributed by atoms with Crippen LogP contribution in [0.5, 0.6) is 0 Å². The number of nitrogens with zero attached hydrogens (tertiary/aromatic N) is 3. The molecule has 1 amide bonds. The van der Waals surface area contributed by atoms with Gasteiger partial charge in [-0.05, 0) is 55.5 Å². The first-order chi connectivity index (χ1) is 18.2. The van der Waals surface area contributed by atoms with E-state index in [1.165, 1.54) is 24.1 Å². The molecule has 0 unspecified atom stereocenters. The van der Waals surface area contributed by atoms with Crippen molar-refractivity contribution in [2.24, 2.45) is 5.92 Å². The zero-order chi connectivity index (χ0) is 25.5. The summed E-state index contributed by atoms with van der Waals surface area (Å²) < 4.78 is 2.25. The van der Waals surface area contributed by atoms with Gasteiger partial charge in [-0.1, -0.05) is 78.9 Å². The first kappa shape index (κ1) is 24.9. The van der Waals surface area contributed by atoms with Crippen LogP contribution in [0.25, 0.3) is 17.5 Å². The fourth-order valence-electron chi connectivity index (χ4n) is 5.23. The summed E-state index contributed by atoms with van der Waals surface area (Å²) in [6.45, 7) is 3.05. The van der Waals surface area contributed by atoms with Gasteiger partial charge in [0.2, 0.25) is 5.91 Å². The van der Waals surface area contributed by atoms with E-state index >= 15 is 0 Å². The highest BCUT2D eigenvalue weighted by Crippen LogP contribution is 2.30. The Bertz CT molecular complexity index is 1280. The number of hydroxylamine groups is 1. The lowest BCUT2D eigenvalue weighted by atomic mass is 9.90. The van der Waals surface area contributed by atoms with Crippen LogP contribution in [-0.2, 0) is 24.2 Å². The molecule has 3 aromatic rings. The van der Waals surface area contributed by atoms with Crippen molar-refractivity contribution in [2.45, 2.75) is 38.6 Å². The topological polar surface area (TPSA) is 70.4 Å². The van der Waals surface area contributed by atoms with Gasteiger partial charge in [-0.15, -0.1) is 0 Å². The molecule has 5 rings (SSSR count). The maximum Gasteiger partial charge on any atom is 0.247 e. The SMILES string of the molecule is O=C(C/C=C/C1=CCc2nc(-c3ccccc3)c(CN3CCC(Cc4ccccc4)CC3)n2C=C1)NO. The maximum absolute atomic E-state index is 11.3. The van der Waals surface area contributed by atoms with Crippen LogP contribution in [-0.4, -0.2) is 38.7 Å². The van der Waals surface area contributed by atoms with E-state index in [2.05, 4.69) is 82.4 Å². The summed E-state index contributed by atoms with van der Waals surface area (Å²) in [6, 6.07) is 21.3. The number of hydrogen-bond donors (Lipinski definition) is 2.